The van der Waals surface area contributed by atoms with E-state index in [4.69, 9.17) is 4.84 Å². The van der Waals surface area contributed by atoms with Crippen LogP contribution >= 0.6 is 27.3 Å². The van der Waals surface area contributed by atoms with Gasteiger partial charge in [0.25, 0.3) is 11.8 Å². The van der Waals surface area contributed by atoms with E-state index in [1.807, 2.05) is 0 Å². The van der Waals surface area contributed by atoms with Gasteiger partial charge < -0.3 is 4.90 Å². The highest BCUT2D eigenvalue weighted by Gasteiger charge is 2.16. The van der Waals surface area contributed by atoms with Gasteiger partial charge in [-0.25, -0.2) is 5.48 Å². The summed E-state index contributed by atoms with van der Waals surface area (Å²) >= 11 is 4.61. The fraction of sp³-hybridized carbons (Fsp3) is 0.400. The number of likely N-dealkylation sites (N-methyl/N-ethyl adjacent to an activating group) is 1. The van der Waals surface area contributed by atoms with Crippen molar-refractivity contribution in [1.82, 2.24) is 10.4 Å². The Hall–Kier alpha value is -0.920. The Morgan fingerprint density at radius 1 is 1.53 bits per heavy atom. The number of nitrogens with one attached hydrogen (secondary N) is 1. The van der Waals surface area contributed by atoms with Crippen molar-refractivity contribution in [2.24, 2.45) is 0 Å². The van der Waals surface area contributed by atoms with Gasteiger partial charge in [0.15, 0.2) is 0 Å². The second kappa shape index (κ2) is 6.73. The monoisotopic (exact) mass is 320 g/mol. The minimum absolute atomic E-state index is 0.0334. The molecule has 0 saturated carbocycles. The summed E-state index contributed by atoms with van der Waals surface area (Å²) in [6.45, 7) is 2.12. The van der Waals surface area contributed by atoms with E-state index in [-0.39, 0.29) is 18.4 Å². The number of hydrogen-bond acceptors (Lipinski definition) is 4. The predicted molar refractivity (Wildman–Crippen MR) is 68.7 cm³/mol. The number of hydroxylamine groups is 1. The molecule has 17 heavy (non-hydrogen) atoms. The molecule has 1 N–H and O–H groups in total. The standard InChI is InChI=1S/C10H13BrN2O3S/c1-3-16-12-9(14)6-13(2)10(15)7-4-5-8(11)17-7/h4-5H,3,6H2,1-2H3,(H,12,14). The van der Waals surface area contributed by atoms with Crippen LogP contribution in [0, 0.1) is 0 Å². The smallest absolute Gasteiger partial charge is 0.264 e. The van der Waals surface area contributed by atoms with E-state index in [1.54, 1.807) is 26.1 Å². The molecule has 1 aromatic rings. The molecule has 5 nitrogen and oxygen atoms in total. The second-order valence-electron chi connectivity index (χ2n) is 3.22. The molecule has 0 saturated heterocycles. The Balaban J connectivity index is 2.50. The quantitative estimate of drug-likeness (QED) is 0.839. The van der Waals surface area contributed by atoms with Gasteiger partial charge in [0, 0.05) is 7.05 Å². The Bertz CT molecular complexity index is 408. The van der Waals surface area contributed by atoms with Crippen molar-refractivity contribution in [2.75, 3.05) is 20.2 Å². The van der Waals surface area contributed by atoms with Gasteiger partial charge in [-0.1, -0.05) is 0 Å². The molecule has 1 rings (SSSR count). The maximum Gasteiger partial charge on any atom is 0.264 e. The maximum absolute atomic E-state index is 11.9. The number of amides is 2. The SMILES string of the molecule is CCONC(=O)CN(C)C(=O)c1ccc(Br)s1. The van der Waals surface area contributed by atoms with Crippen molar-refractivity contribution in [3.63, 3.8) is 0 Å². The summed E-state index contributed by atoms with van der Waals surface area (Å²) in [5, 5.41) is 0. The molecule has 7 heteroatoms. The van der Waals surface area contributed by atoms with E-state index in [1.165, 1.54) is 16.2 Å². The molecule has 0 bridgehead atoms. The molecule has 0 radical (unpaired) electrons. The van der Waals surface area contributed by atoms with Crippen molar-refractivity contribution < 1.29 is 14.4 Å². The number of hydrogen-bond donors (Lipinski definition) is 1. The van der Waals surface area contributed by atoms with Crippen LogP contribution in [0.1, 0.15) is 16.6 Å². The van der Waals surface area contributed by atoms with Crippen molar-refractivity contribution in [1.29, 1.82) is 0 Å². The third kappa shape index (κ3) is 4.45. The Labute approximate surface area is 112 Å². The molecule has 2 amide bonds. The molecule has 1 heterocycles. The predicted octanol–water partition coefficient (Wildman–Crippen LogP) is 1.65. The van der Waals surface area contributed by atoms with Crippen LogP contribution in [0.2, 0.25) is 0 Å². The molecule has 1 aromatic heterocycles. The minimum atomic E-state index is -0.349. The lowest BCUT2D eigenvalue weighted by Gasteiger charge is -2.15. The molecule has 0 aliphatic heterocycles. The van der Waals surface area contributed by atoms with Gasteiger partial charge in [-0.15, -0.1) is 11.3 Å². The van der Waals surface area contributed by atoms with Crippen LogP contribution in [0.4, 0.5) is 0 Å². The van der Waals surface area contributed by atoms with Gasteiger partial charge in [-0.2, -0.15) is 0 Å². The topological polar surface area (TPSA) is 58.6 Å². The number of carbonyl (C=O) groups is 2. The number of rotatable bonds is 5. The van der Waals surface area contributed by atoms with Gasteiger partial charge in [0.1, 0.15) is 6.54 Å². The van der Waals surface area contributed by atoms with Gasteiger partial charge in [0.2, 0.25) is 0 Å². The average molecular weight is 321 g/mol. The number of halogens is 1. The van der Waals surface area contributed by atoms with Gasteiger partial charge in [-0.05, 0) is 35.0 Å². The average Bonchev–Trinajstić information content (AvgIpc) is 2.72. The van der Waals surface area contributed by atoms with Crippen LogP contribution in [0.15, 0.2) is 15.9 Å². The lowest BCUT2D eigenvalue weighted by Crippen LogP contribution is -2.38. The molecule has 0 unspecified atom stereocenters. The number of carbonyl (C=O) groups excluding carboxylic acids is 2. The first-order valence-corrected chi connectivity index (χ1v) is 6.57. The molecule has 94 valence electrons. The van der Waals surface area contributed by atoms with Crippen molar-refractivity contribution in [3.05, 3.63) is 20.8 Å². The Morgan fingerprint density at radius 2 is 2.24 bits per heavy atom. The van der Waals surface area contributed by atoms with Gasteiger partial charge in [0.05, 0.1) is 15.3 Å². The molecule has 0 aliphatic rings. The molecule has 0 aliphatic carbocycles. The van der Waals surface area contributed by atoms with Crippen molar-refractivity contribution in [3.8, 4) is 0 Å². The third-order valence-electron chi connectivity index (χ3n) is 1.84. The normalized spacial score (nSPS) is 10.1. The lowest BCUT2D eigenvalue weighted by atomic mass is 10.4. The lowest BCUT2D eigenvalue weighted by molar-refractivity contribution is -0.133. The highest BCUT2D eigenvalue weighted by molar-refractivity contribution is 9.11. The first-order chi connectivity index (χ1) is 8.04. The third-order valence-corrected chi connectivity index (χ3v) is 3.45. The summed E-state index contributed by atoms with van der Waals surface area (Å²) in [7, 11) is 1.57. The Morgan fingerprint density at radius 3 is 2.76 bits per heavy atom. The van der Waals surface area contributed by atoms with E-state index < -0.39 is 0 Å². The zero-order valence-corrected chi connectivity index (χ0v) is 11.9. The molecular formula is C10H13BrN2O3S. The Kier molecular flexibility index (Phi) is 5.60. The van der Waals surface area contributed by atoms with Crippen LogP contribution in [0.3, 0.4) is 0 Å². The first kappa shape index (κ1) is 14.1. The second-order valence-corrected chi connectivity index (χ2v) is 5.69. The van der Waals surface area contributed by atoms with Crippen LogP contribution < -0.4 is 5.48 Å². The van der Waals surface area contributed by atoms with Crippen LogP contribution in [-0.2, 0) is 9.63 Å². The summed E-state index contributed by atoms with van der Waals surface area (Å²) in [6, 6.07) is 3.51. The van der Waals surface area contributed by atoms with Gasteiger partial charge >= 0.3 is 0 Å². The van der Waals surface area contributed by atoms with Crippen LogP contribution in [-0.4, -0.2) is 36.9 Å². The fourth-order valence-corrected chi connectivity index (χ4v) is 2.47. The van der Waals surface area contributed by atoms with Crippen LogP contribution in [0.5, 0.6) is 0 Å². The summed E-state index contributed by atoms with van der Waals surface area (Å²) in [4.78, 5) is 29.8. The van der Waals surface area contributed by atoms with E-state index in [0.717, 1.165) is 3.79 Å². The van der Waals surface area contributed by atoms with E-state index >= 15 is 0 Å². The summed E-state index contributed by atoms with van der Waals surface area (Å²) < 4.78 is 0.882. The first-order valence-electron chi connectivity index (χ1n) is 4.96. The fourth-order valence-electron chi connectivity index (χ4n) is 1.09. The molecule has 0 aromatic carbocycles. The zero-order chi connectivity index (χ0) is 12.8. The molecule has 0 fully saturated rings. The highest BCUT2D eigenvalue weighted by atomic mass is 79.9. The number of thiophene rings is 1. The zero-order valence-electron chi connectivity index (χ0n) is 9.53. The van der Waals surface area contributed by atoms with E-state index in [2.05, 4.69) is 21.4 Å². The van der Waals surface area contributed by atoms with E-state index in [9.17, 15) is 9.59 Å². The summed E-state index contributed by atoms with van der Waals surface area (Å²) in [5.74, 6) is -0.536. The van der Waals surface area contributed by atoms with Gasteiger partial charge in [-0.3, -0.25) is 14.4 Å². The largest absolute Gasteiger partial charge is 0.332 e. The minimum Gasteiger partial charge on any atom is -0.332 e. The molecule has 0 spiro atoms. The molecular weight excluding hydrogens is 308 g/mol. The number of nitrogens with zero attached hydrogens (tertiary/aromatic N) is 1. The summed E-state index contributed by atoms with van der Waals surface area (Å²) in [5.41, 5.74) is 2.24. The van der Waals surface area contributed by atoms with E-state index in [0.29, 0.717) is 11.5 Å². The maximum atomic E-state index is 11.9. The van der Waals surface area contributed by atoms with Crippen molar-refractivity contribution >= 4 is 39.1 Å². The summed E-state index contributed by atoms with van der Waals surface area (Å²) in [6.07, 6.45) is 0. The highest BCUT2D eigenvalue weighted by Crippen LogP contribution is 2.22. The van der Waals surface area contributed by atoms with Crippen molar-refractivity contribution in [2.45, 2.75) is 6.92 Å². The van der Waals surface area contributed by atoms with Crippen LogP contribution in [0.25, 0.3) is 0 Å². The molecule has 0 atom stereocenters.